The number of imide groups is 1. The van der Waals surface area contributed by atoms with Gasteiger partial charge < -0.3 is 14.8 Å². The Morgan fingerprint density at radius 3 is 2.38 bits per heavy atom. The molecule has 8 nitrogen and oxygen atoms in total. The van der Waals surface area contributed by atoms with Gasteiger partial charge in [0.25, 0.3) is 5.91 Å². The van der Waals surface area contributed by atoms with Crippen LogP contribution in [0, 0.1) is 11.8 Å². The van der Waals surface area contributed by atoms with Crippen LogP contribution in [0.5, 0.6) is 5.75 Å². The molecule has 1 aromatic rings. The number of ether oxygens (including phenoxy) is 2. The van der Waals surface area contributed by atoms with E-state index in [9.17, 15) is 19.2 Å². The Morgan fingerprint density at radius 2 is 1.76 bits per heavy atom. The van der Waals surface area contributed by atoms with E-state index in [1.165, 1.54) is 14.0 Å². The zero-order chi connectivity index (χ0) is 21.0. The van der Waals surface area contributed by atoms with E-state index in [1.54, 1.807) is 24.3 Å². The van der Waals surface area contributed by atoms with Crippen molar-refractivity contribution in [1.29, 1.82) is 0 Å². The summed E-state index contributed by atoms with van der Waals surface area (Å²) < 4.78 is 10.3. The molecule has 0 radical (unpaired) electrons. The zero-order valence-electron chi connectivity index (χ0n) is 16.4. The molecule has 1 heterocycles. The van der Waals surface area contributed by atoms with E-state index < -0.39 is 18.0 Å². The number of benzene rings is 1. The lowest BCUT2D eigenvalue weighted by atomic mass is 9.85. The third-order valence-electron chi connectivity index (χ3n) is 5.18. The molecule has 1 aliphatic heterocycles. The normalized spacial score (nSPS) is 21.5. The van der Waals surface area contributed by atoms with Crippen LogP contribution in [-0.2, 0) is 23.9 Å². The lowest BCUT2D eigenvalue weighted by molar-refractivity contribution is -0.154. The molecule has 0 spiro atoms. The first-order valence-electron chi connectivity index (χ1n) is 9.56. The Labute approximate surface area is 168 Å². The summed E-state index contributed by atoms with van der Waals surface area (Å²) in [7, 11) is 1.49. The van der Waals surface area contributed by atoms with Gasteiger partial charge in [0, 0.05) is 6.54 Å². The van der Waals surface area contributed by atoms with E-state index in [1.807, 2.05) is 12.2 Å². The number of nitrogens with one attached hydrogen (secondary N) is 1. The number of esters is 1. The second-order valence-electron chi connectivity index (χ2n) is 7.06. The standard InChI is InChI=1S/C21H24N2O6/c1-13(19(25)22-16-9-5-6-10-17(16)28-2)29-18(24)11-12-23-20(26)14-7-3-4-8-15(14)21(23)27/h3-6,9-10,13-15H,7-8,11-12H2,1-2H3,(H,22,25)/t13-,14-,15+/m1/s1. The molecule has 2 aliphatic rings. The summed E-state index contributed by atoms with van der Waals surface area (Å²) in [5, 5.41) is 2.64. The summed E-state index contributed by atoms with van der Waals surface area (Å²) >= 11 is 0. The topological polar surface area (TPSA) is 102 Å². The largest absolute Gasteiger partial charge is 0.495 e. The maximum Gasteiger partial charge on any atom is 0.308 e. The van der Waals surface area contributed by atoms with Crippen LogP contribution in [0.4, 0.5) is 5.69 Å². The van der Waals surface area contributed by atoms with E-state index in [-0.39, 0.29) is 36.6 Å². The monoisotopic (exact) mass is 400 g/mol. The average Bonchev–Trinajstić information content (AvgIpc) is 2.97. The van der Waals surface area contributed by atoms with Crippen LogP contribution < -0.4 is 10.1 Å². The summed E-state index contributed by atoms with van der Waals surface area (Å²) in [4.78, 5) is 50.4. The minimum atomic E-state index is -1.04. The first kappa shape index (κ1) is 20.6. The average molecular weight is 400 g/mol. The lowest BCUT2D eigenvalue weighted by Gasteiger charge is -2.17. The summed E-state index contributed by atoms with van der Waals surface area (Å²) in [5.74, 6) is -1.79. The molecule has 1 fully saturated rings. The quantitative estimate of drug-likeness (QED) is 0.426. The van der Waals surface area contributed by atoms with Crippen LogP contribution in [-0.4, -0.2) is 48.3 Å². The summed E-state index contributed by atoms with van der Waals surface area (Å²) in [6.45, 7) is 1.42. The number of methoxy groups -OCH3 is 1. The number of fused-ring (bicyclic) bond motifs is 1. The van der Waals surface area contributed by atoms with Gasteiger partial charge in [0.2, 0.25) is 11.8 Å². The van der Waals surface area contributed by atoms with Gasteiger partial charge in [-0.1, -0.05) is 24.3 Å². The number of likely N-dealkylation sites (tertiary alicyclic amines) is 1. The summed E-state index contributed by atoms with van der Waals surface area (Å²) in [5.41, 5.74) is 0.465. The van der Waals surface area contributed by atoms with E-state index in [4.69, 9.17) is 9.47 Å². The Hall–Kier alpha value is -3.16. The van der Waals surface area contributed by atoms with Crippen molar-refractivity contribution >= 4 is 29.4 Å². The molecule has 1 aliphatic carbocycles. The highest BCUT2D eigenvalue weighted by Crippen LogP contribution is 2.35. The number of allylic oxidation sites excluding steroid dienone is 2. The van der Waals surface area contributed by atoms with Gasteiger partial charge in [0.15, 0.2) is 6.10 Å². The highest BCUT2D eigenvalue weighted by atomic mass is 16.5. The number of carbonyl (C=O) groups is 4. The molecule has 3 atom stereocenters. The highest BCUT2D eigenvalue weighted by molar-refractivity contribution is 6.05. The minimum Gasteiger partial charge on any atom is -0.495 e. The third-order valence-corrected chi connectivity index (χ3v) is 5.18. The molecule has 0 unspecified atom stereocenters. The molecule has 8 heteroatoms. The molecule has 1 N–H and O–H groups in total. The molecule has 3 amide bonds. The number of para-hydroxylation sites is 2. The van der Waals surface area contributed by atoms with E-state index >= 15 is 0 Å². The zero-order valence-corrected chi connectivity index (χ0v) is 16.4. The van der Waals surface area contributed by atoms with Crippen LogP contribution in [0.2, 0.25) is 0 Å². The van der Waals surface area contributed by atoms with Crippen molar-refractivity contribution in [3.05, 3.63) is 36.4 Å². The number of anilines is 1. The summed E-state index contributed by atoms with van der Waals surface area (Å²) in [6.07, 6.45) is 3.73. The maximum absolute atomic E-state index is 12.4. The van der Waals surface area contributed by atoms with Crippen LogP contribution in [0.25, 0.3) is 0 Å². The van der Waals surface area contributed by atoms with Crippen LogP contribution >= 0.6 is 0 Å². The second kappa shape index (κ2) is 8.89. The fourth-order valence-corrected chi connectivity index (χ4v) is 3.58. The molecular formula is C21H24N2O6. The van der Waals surface area contributed by atoms with E-state index in [0.29, 0.717) is 24.3 Å². The smallest absolute Gasteiger partial charge is 0.308 e. The van der Waals surface area contributed by atoms with Gasteiger partial charge in [-0.05, 0) is 31.9 Å². The summed E-state index contributed by atoms with van der Waals surface area (Å²) in [6, 6.07) is 6.88. The molecule has 0 aromatic heterocycles. The maximum atomic E-state index is 12.4. The van der Waals surface area contributed by atoms with Gasteiger partial charge in [0.1, 0.15) is 5.75 Å². The predicted octanol–water partition coefficient (Wildman–Crippen LogP) is 1.91. The molecule has 0 saturated carbocycles. The van der Waals surface area contributed by atoms with Crippen molar-refractivity contribution in [2.75, 3.05) is 19.0 Å². The third kappa shape index (κ3) is 4.47. The lowest BCUT2D eigenvalue weighted by Crippen LogP contribution is -2.35. The molecule has 154 valence electrons. The molecular weight excluding hydrogens is 376 g/mol. The Morgan fingerprint density at radius 1 is 1.14 bits per heavy atom. The minimum absolute atomic E-state index is 0.0374. The Kier molecular flexibility index (Phi) is 6.31. The fraction of sp³-hybridized carbons (Fsp3) is 0.429. The van der Waals surface area contributed by atoms with Crippen molar-refractivity contribution in [3.8, 4) is 5.75 Å². The van der Waals surface area contributed by atoms with E-state index in [2.05, 4.69) is 5.32 Å². The van der Waals surface area contributed by atoms with Gasteiger partial charge in [-0.2, -0.15) is 0 Å². The molecule has 0 bridgehead atoms. The van der Waals surface area contributed by atoms with Crippen molar-refractivity contribution in [2.45, 2.75) is 32.3 Å². The Bertz CT molecular complexity index is 823. The van der Waals surface area contributed by atoms with Crippen LogP contribution in [0.15, 0.2) is 36.4 Å². The van der Waals surface area contributed by atoms with Gasteiger partial charge in [-0.15, -0.1) is 0 Å². The van der Waals surface area contributed by atoms with Crippen molar-refractivity contribution < 1.29 is 28.7 Å². The van der Waals surface area contributed by atoms with Gasteiger partial charge in [-0.25, -0.2) is 0 Å². The molecule has 3 rings (SSSR count). The van der Waals surface area contributed by atoms with Crippen LogP contribution in [0.3, 0.4) is 0 Å². The second-order valence-corrected chi connectivity index (χ2v) is 7.06. The molecule has 1 aromatic carbocycles. The van der Waals surface area contributed by atoms with Crippen molar-refractivity contribution in [3.63, 3.8) is 0 Å². The fourth-order valence-electron chi connectivity index (χ4n) is 3.58. The van der Waals surface area contributed by atoms with Crippen LogP contribution in [0.1, 0.15) is 26.2 Å². The van der Waals surface area contributed by atoms with Gasteiger partial charge in [-0.3, -0.25) is 24.1 Å². The van der Waals surface area contributed by atoms with Gasteiger partial charge >= 0.3 is 5.97 Å². The van der Waals surface area contributed by atoms with Crippen molar-refractivity contribution in [2.24, 2.45) is 11.8 Å². The highest BCUT2D eigenvalue weighted by Gasteiger charge is 2.47. The number of hydrogen-bond donors (Lipinski definition) is 1. The number of rotatable bonds is 7. The van der Waals surface area contributed by atoms with Gasteiger partial charge in [0.05, 0.1) is 31.1 Å². The van der Waals surface area contributed by atoms with E-state index in [0.717, 1.165) is 4.90 Å². The molecule has 1 saturated heterocycles. The number of carbonyl (C=O) groups excluding carboxylic acids is 4. The van der Waals surface area contributed by atoms with Crippen molar-refractivity contribution in [1.82, 2.24) is 4.90 Å². The Balaban J connectivity index is 1.49. The molecule has 29 heavy (non-hydrogen) atoms. The number of hydrogen-bond acceptors (Lipinski definition) is 6. The number of nitrogens with zero attached hydrogens (tertiary/aromatic N) is 1. The number of amides is 3. The SMILES string of the molecule is COc1ccccc1NC(=O)[C@@H](C)OC(=O)CCN1C(=O)[C@H]2CC=CC[C@H]2C1=O. The first-order valence-corrected chi connectivity index (χ1v) is 9.56. The first-order chi connectivity index (χ1) is 13.9. The predicted molar refractivity (Wildman–Crippen MR) is 104 cm³/mol.